The van der Waals surface area contributed by atoms with Crippen molar-refractivity contribution >= 4 is 39.3 Å². The van der Waals surface area contributed by atoms with Crippen molar-refractivity contribution in [2.75, 3.05) is 5.75 Å². The molecule has 0 aliphatic heterocycles. The lowest BCUT2D eigenvalue weighted by Gasteiger charge is -2.10. The van der Waals surface area contributed by atoms with Crippen LogP contribution in [0.3, 0.4) is 0 Å². The SMILES string of the molecule is C=C(C)Cn1c(SCC(=O)NN=C(C)c2ccco2)nnc1-c1ccc(Br)cc1. The normalized spacial score (nSPS) is 11.5. The van der Waals surface area contributed by atoms with E-state index in [2.05, 4.69) is 43.2 Å². The Labute approximate surface area is 181 Å². The Morgan fingerprint density at radius 1 is 1.28 bits per heavy atom. The molecule has 0 bridgehead atoms. The van der Waals surface area contributed by atoms with Gasteiger partial charge in [-0.3, -0.25) is 9.36 Å². The second-order valence-corrected chi connectivity index (χ2v) is 8.21. The number of carbonyl (C=O) groups excluding carboxylic acids is 1. The number of nitrogens with zero attached hydrogens (tertiary/aromatic N) is 4. The summed E-state index contributed by atoms with van der Waals surface area (Å²) < 4.78 is 8.19. The van der Waals surface area contributed by atoms with Gasteiger partial charge in [0.15, 0.2) is 11.0 Å². The van der Waals surface area contributed by atoms with Gasteiger partial charge in [0, 0.05) is 16.6 Å². The molecule has 0 aliphatic rings. The maximum absolute atomic E-state index is 12.2. The molecule has 0 aliphatic carbocycles. The molecule has 0 saturated heterocycles. The average molecular weight is 474 g/mol. The number of rotatable bonds is 8. The Morgan fingerprint density at radius 3 is 2.69 bits per heavy atom. The number of hydrazone groups is 1. The summed E-state index contributed by atoms with van der Waals surface area (Å²) in [6.45, 7) is 8.26. The third-order valence-electron chi connectivity index (χ3n) is 3.81. The maximum Gasteiger partial charge on any atom is 0.250 e. The number of thioether (sulfide) groups is 1. The van der Waals surface area contributed by atoms with Crippen molar-refractivity contribution in [3.63, 3.8) is 0 Å². The number of furan rings is 1. The van der Waals surface area contributed by atoms with E-state index in [-0.39, 0.29) is 11.7 Å². The zero-order chi connectivity index (χ0) is 20.8. The van der Waals surface area contributed by atoms with E-state index in [9.17, 15) is 4.79 Å². The van der Waals surface area contributed by atoms with E-state index >= 15 is 0 Å². The van der Waals surface area contributed by atoms with Crippen molar-refractivity contribution in [3.05, 3.63) is 65.0 Å². The molecule has 1 N–H and O–H groups in total. The van der Waals surface area contributed by atoms with Crippen LogP contribution in [0.5, 0.6) is 0 Å². The van der Waals surface area contributed by atoms with Crippen LogP contribution < -0.4 is 5.43 Å². The summed E-state index contributed by atoms with van der Waals surface area (Å²) in [6.07, 6.45) is 1.56. The molecule has 0 spiro atoms. The van der Waals surface area contributed by atoms with Crippen molar-refractivity contribution in [1.82, 2.24) is 20.2 Å². The standard InChI is InChI=1S/C20H20BrN5O2S/c1-13(2)11-26-19(15-6-8-16(21)9-7-15)24-25-20(26)29-12-18(27)23-22-14(3)17-5-4-10-28-17/h4-10H,1,11-12H2,2-3H3,(H,23,27). The van der Waals surface area contributed by atoms with Crippen LogP contribution in [-0.4, -0.2) is 32.1 Å². The van der Waals surface area contributed by atoms with Gasteiger partial charge in [0.05, 0.1) is 12.0 Å². The smallest absolute Gasteiger partial charge is 0.250 e. The van der Waals surface area contributed by atoms with Gasteiger partial charge in [0.1, 0.15) is 11.5 Å². The van der Waals surface area contributed by atoms with Gasteiger partial charge in [0.25, 0.3) is 5.91 Å². The second-order valence-electron chi connectivity index (χ2n) is 6.35. The topological polar surface area (TPSA) is 85.3 Å². The Hall–Kier alpha value is -2.65. The van der Waals surface area contributed by atoms with Crippen molar-refractivity contribution in [2.24, 2.45) is 5.10 Å². The summed E-state index contributed by atoms with van der Waals surface area (Å²) in [5, 5.41) is 13.3. The van der Waals surface area contributed by atoms with Crippen LogP contribution in [0.2, 0.25) is 0 Å². The number of hydrogen-bond acceptors (Lipinski definition) is 6. The Bertz CT molecular complexity index is 1030. The highest BCUT2D eigenvalue weighted by molar-refractivity contribution is 9.10. The van der Waals surface area contributed by atoms with Crippen LogP contribution in [-0.2, 0) is 11.3 Å². The highest BCUT2D eigenvalue weighted by Gasteiger charge is 2.16. The average Bonchev–Trinajstić information content (AvgIpc) is 3.35. The minimum absolute atomic E-state index is 0.156. The van der Waals surface area contributed by atoms with Crippen LogP contribution in [0.4, 0.5) is 0 Å². The van der Waals surface area contributed by atoms with Gasteiger partial charge in [-0.25, -0.2) is 5.43 Å². The molecule has 0 radical (unpaired) electrons. The quantitative estimate of drug-likeness (QED) is 0.225. The summed E-state index contributed by atoms with van der Waals surface area (Å²) in [7, 11) is 0. The van der Waals surface area contributed by atoms with Gasteiger partial charge in [-0.05, 0) is 38.1 Å². The molecular weight excluding hydrogens is 454 g/mol. The highest BCUT2D eigenvalue weighted by atomic mass is 79.9. The highest BCUT2D eigenvalue weighted by Crippen LogP contribution is 2.26. The fourth-order valence-electron chi connectivity index (χ4n) is 2.47. The maximum atomic E-state index is 12.2. The minimum Gasteiger partial charge on any atom is -0.463 e. The van der Waals surface area contributed by atoms with Gasteiger partial charge >= 0.3 is 0 Å². The van der Waals surface area contributed by atoms with Crippen molar-refractivity contribution in [2.45, 2.75) is 25.5 Å². The van der Waals surface area contributed by atoms with Crippen LogP contribution in [0.15, 0.2) is 74.0 Å². The Balaban J connectivity index is 1.70. The van der Waals surface area contributed by atoms with E-state index in [1.54, 1.807) is 25.3 Å². The molecule has 0 unspecified atom stereocenters. The van der Waals surface area contributed by atoms with Gasteiger partial charge in [0.2, 0.25) is 0 Å². The zero-order valence-corrected chi connectivity index (χ0v) is 18.5. The van der Waals surface area contributed by atoms with Crippen molar-refractivity contribution < 1.29 is 9.21 Å². The number of amides is 1. The number of carbonyl (C=O) groups is 1. The van der Waals surface area contributed by atoms with E-state index in [0.717, 1.165) is 21.4 Å². The molecular formula is C20H20BrN5O2S. The first kappa shape index (κ1) is 21.1. The third kappa shape index (κ3) is 5.68. The fourth-order valence-corrected chi connectivity index (χ4v) is 3.46. The Morgan fingerprint density at radius 2 is 2.03 bits per heavy atom. The first-order valence-corrected chi connectivity index (χ1v) is 10.5. The first-order valence-electron chi connectivity index (χ1n) is 8.77. The number of aromatic nitrogens is 3. The van der Waals surface area contributed by atoms with E-state index in [1.165, 1.54) is 11.8 Å². The molecule has 2 aromatic heterocycles. The number of benzene rings is 1. The summed E-state index contributed by atoms with van der Waals surface area (Å²) in [4.78, 5) is 12.2. The van der Waals surface area contributed by atoms with Crippen LogP contribution in [0.25, 0.3) is 11.4 Å². The predicted molar refractivity (Wildman–Crippen MR) is 118 cm³/mol. The van der Waals surface area contributed by atoms with E-state index in [4.69, 9.17) is 4.42 Å². The lowest BCUT2D eigenvalue weighted by atomic mass is 10.2. The molecule has 1 amide bonds. The molecule has 0 saturated carbocycles. The number of allylic oxidation sites excluding steroid dienone is 1. The van der Waals surface area contributed by atoms with E-state index in [0.29, 0.717) is 23.2 Å². The number of halogens is 1. The molecule has 3 aromatic rings. The van der Waals surface area contributed by atoms with Gasteiger partial charge < -0.3 is 4.42 Å². The summed E-state index contributed by atoms with van der Waals surface area (Å²) in [5.41, 5.74) is 5.04. The Kier molecular flexibility index (Phi) is 7.05. The first-order chi connectivity index (χ1) is 13.9. The van der Waals surface area contributed by atoms with E-state index in [1.807, 2.05) is 35.8 Å². The molecule has 150 valence electrons. The molecule has 9 heteroatoms. The van der Waals surface area contributed by atoms with Crippen LogP contribution in [0.1, 0.15) is 19.6 Å². The molecule has 1 aromatic carbocycles. The van der Waals surface area contributed by atoms with Crippen LogP contribution >= 0.6 is 27.7 Å². The second kappa shape index (κ2) is 9.71. The monoisotopic (exact) mass is 473 g/mol. The van der Waals surface area contributed by atoms with Crippen molar-refractivity contribution in [1.29, 1.82) is 0 Å². The largest absolute Gasteiger partial charge is 0.463 e. The lowest BCUT2D eigenvalue weighted by molar-refractivity contribution is -0.118. The van der Waals surface area contributed by atoms with Crippen LogP contribution in [0, 0.1) is 0 Å². The number of nitrogens with one attached hydrogen (secondary N) is 1. The van der Waals surface area contributed by atoms with E-state index < -0.39 is 0 Å². The van der Waals surface area contributed by atoms with Crippen molar-refractivity contribution in [3.8, 4) is 11.4 Å². The molecule has 2 heterocycles. The summed E-state index contributed by atoms with van der Waals surface area (Å²) in [6, 6.07) is 11.4. The molecule has 0 fully saturated rings. The van der Waals surface area contributed by atoms with Gasteiger partial charge in [-0.15, -0.1) is 10.2 Å². The third-order valence-corrected chi connectivity index (χ3v) is 5.30. The summed E-state index contributed by atoms with van der Waals surface area (Å²) >= 11 is 4.74. The number of hydrogen-bond donors (Lipinski definition) is 1. The molecule has 29 heavy (non-hydrogen) atoms. The predicted octanol–water partition coefficient (Wildman–Crippen LogP) is 4.51. The van der Waals surface area contributed by atoms with Gasteiger partial charge in [-0.1, -0.05) is 52.0 Å². The fraction of sp³-hybridized carbons (Fsp3) is 0.200. The lowest BCUT2D eigenvalue weighted by Crippen LogP contribution is -2.21. The van der Waals surface area contributed by atoms with Gasteiger partial charge in [-0.2, -0.15) is 5.10 Å². The zero-order valence-electron chi connectivity index (χ0n) is 16.1. The molecule has 0 atom stereocenters. The molecule has 3 rings (SSSR count). The molecule has 7 nitrogen and oxygen atoms in total. The summed E-state index contributed by atoms with van der Waals surface area (Å²) in [5.74, 6) is 1.26. The minimum atomic E-state index is -0.240.